The number of carbonyl (C=O) groups is 1. The zero-order chi connectivity index (χ0) is 14.1. The van der Waals surface area contributed by atoms with Gasteiger partial charge in [-0.05, 0) is 19.4 Å². The quantitative estimate of drug-likeness (QED) is 0.852. The summed E-state index contributed by atoms with van der Waals surface area (Å²) in [5.74, 6) is -0.000166. The summed E-state index contributed by atoms with van der Waals surface area (Å²) in [6, 6.07) is 0. The van der Waals surface area contributed by atoms with E-state index >= 15 is 0 Å². The minimum Gasteiger partial charge on any atom is -0.369 e. The highest BCUT2D eigenvalue weighted by molar-refractivity contribution is 5.76. The van der Waals surface area contributed by atoms with Gasteiger partial charge in [0, 0.05) is 31.9 Å². The highest BCUT2D eigenvalue weighted by Gasteiger charge is 2.26. The largest absolute Gasteiger partial charge is 0.369 e. The smallest absolute Gasteiger partial charge is 0.231 e. The third-order valence-corrected chi connectivity index (χ3v) is 3.76. The molecule has 1 fully saturated rings. The van der Waals surface area contributed by atoms with E-state index in [0.717, 1.165) is 42.8 Å². The first-order chi connectivity index (χ1) is 9.65. The van der Waals surface area contributed by atoms with Gasteiger partial charge in [0.05, 0.1) is 12.2 Å². The predicted octanol–water partition coefficient (Wildman–Crippen LogP) is 0.0280. The number of piperidine rings is 1. The van der Waals surface area contributed by atoms with E-state index in [-0.39, 0.29) is 11.8 Å². The first kappa shape index (κ1) is 13.0. The lowest BCUT2D eigenvalue weighted by Gasteiger charge is -2.30. The lowest BCUT2D eigenvalue weighted by molar-refractivity contribution is -0.119. The molecule has 0 unspecified atom stereocenters. The van der Waals surface area contributed by atoms with Crippen LogP contribution in [0.4, 0.5) is 0 Å². The summed E-state index contributed by atoms with van der Waals surface area (Å²) in [6.45, 7) is 2.02. The molecule has 0 spiro atoms. The Hall–Kier alpha value is -2.02. The Bertz CT molecular complexity index is 637. The number of likely N-dealkylation sites (tertiary alicyclic amines) is 1. The molecule has 1 aliphatic heterocycles. The van der Waals surface area contributed by atoms with E-state index in [9.17, 15) is 4.79 Å². The molecule has 2 aromatic heterocycles. The average molecular weight is 274 g/mol. The maximum absolute atomic E-state index is 11.1. The van der Waals surface area contributed by atoms with Crippen LogP contribution in [-0.2, 0) is 11.8 Å². The van der Waals surface area contributed by atoms with Crippen molar-refractivity contribution in [2.75, 3.05) is 19.6 Å². The van der Waals surface area contributed by atoms with Crippen LogP contribution >= 0.6 is 0 Å². The number of nitrogens with two attached hydrogens (primary N) is 1. The topological polar surface area (TPSA) is 89.9 Å². The molecule has 106 valence electrons. The van der Waals surface area contributed by atoms with Crippen LogP contribution in [0.2, 0.25) is 0 Å². The molecule has 1 atom stereocenters. The van der Waals surface area contributed by atoms with Gasteiger partial charge in [-0.2, -0.15) is 5.10 Å². The van der Waals surface area contributed by atoms with E-state index in [4.69, 9.17) is 5.73 Å². The van der Waals surface area contributed by atoms with Crippen LogP contribution in [0.25, 0.3) is 11.2 Å². The highest BCUT2D eigenvalue weighted by Crippen LogP contribution is 2.29. The van der Waals surface area contributed by atoms with Crippen molar-refractivity contribution in [1.29, 1.82) is 0 Å². The van der Waals surface area contributed by atoms with Gasteiger partial charge in [0.15, 0.2) is 5.65 Å². The second-order valence-electron chi connectivity index (χ2n) is 5.28. The van der Waals surface area contributed by atoms with Crippen LogP contribution in [0.1, 0.15) is 24.5 Å². The van der Waals surface area contributed by atoms with Crippen LogP contribution in [0.5, 0.6) is 0 Å². The summed E-state index contributed by atoms with van der Waals surface area (Å²) < 4.78 is 1.77. The number of fused-ring (bicyclic) bond motifs is 1. The fourth-order valence-corrected chi connectivity index (χ4v) is 2.92. The number of amides is 1. The molecule has 2 N–H and O–H groups in total. The molecule has 0 aliphatic carbocycles. The number of carbonyl (C=O) groups excluding carboxylic acids is 1. The van der Waals surface area contributed by atoms with Gasteiger partial charge in [0.25, 0.3) is 0 Å². The van der Waals surface area contributed by atoms with Crippen molar-refractivity contribution in [2.24, 2.45) is 12.8 Å². The summed E-state index contributed by atoms with van der Waals surface area (Å²) >= 11 is 0. The van der Waals surface area contributed by atoms with E-state index in [2.05, 4.69) is 20.0 Å². The fraction of sp³-hybridized carbons (Fsp3) is 0.538. The highest BCUT2D eigenvalue weighted by atomic mass is 16.1. The second kappa shape index (κ2) is 5.16. The molecule has 1 amide bonds. The molecule has 2 aromatic rings. The van der Waals surface area contributed by atoms with Crippen LogP contribution in [0.3, 0.4) is 0 Å². The molecule has 0 saturated carbocycles. The number of rotatable bonds is 3. The zero-order valence-electron chi connectivity index (χ0n) is 11.5. The lowest BCUT2D eigenvalue weighted by atomic mass is 9.94. The molecular formula is C13H18N6O. The van der Waals surface area contributed by atoms with Crippen molar-refractivity contribution in [3.05, 3.63) is 18.1 Å². The third-order valence-electron chi connectivity index (χ3n) is 3.76. The van der Waals surface area contributed by atoms with Gasteiger partial charge < -0.3 is 5.73 Å². The van der Waals surface area contributed by atoms with E-state index in [0.29, 0.717) is 6.54 Å². The van der Waals surface area contributed by atoms with Gasteiger partial charge in [0.1, 0.15) is 5.52 Å². The van der Waals surface area contributed by atoms with Gasteiger partial charge in [-0.15, -0.1) is 0 Å². The van der Waals surface area contributed by atoms with Gasteiger partial charge >= 0.3 is 0 Å². The Kier molecular flexibility index (Phi) is 3.35. The standard InChI is InChI=1S/C13H18N6O/c1-18-13-12(15-4-5-16-13)11(17-18)9-3-2-6-19(7-9)8-10(14)20/h4-5,9H,2-3,6-8H2,1H3,(H2,14,20)/t9-/m0/s1. The van der Waals surface area contributed by atoms with Gasteiger partial charge in [-0.3, -0.25) is 9.69 Å². The van der Waals surface area contributed by atoms with Crippen molar-refractivity contribution in [2.45, 2.75) is 18.8 Å². The van der Waals surface area contributed by atoms with Crippen LogP contribution < -0.4 is 5.73 Å². The maximum atomic E-state index is 11.1. The van der Waals surface area contributed by atoms with E-state index in [1.54, 1.807) is 17.1 Å². The van der Waals surface area contributed by atoms with Crippen LogP contribution in [0.15, 0.2) is 12.4 Å². The monoisotopic (exact) mass is 274 g/mol. The Balaban J connectivity index is 1.89. The van der Waals surface area contributed by atoms with Crippen molar-refractivity contribution >= 4 is 17.1 Å². The number of hydrogen-bond donors (Lipinski definition) is 1. The van der Waals surface area contributed by atoms with Crippen molar-refractivity contribution in [3.63, 3.8) is 0 Å². The first-order valence-electron chi connectivity index (χ1n) is 6.79. The number of nitrogens with zero attached hydrogens (tertiary/aromatic N) is 5. The second-order valence-corrected chi connectivity index (χ2v) is 5.28. The summed E-state index contributed by atoms with van der Waals surface area (Å²) in [7, 11) is 1.88. The molecule has 3 heterocycles. The van der Waals surface area contributed by atoms with Gasteiger partial charge in [-0.25, -0.2) is 14.6 Å². The molecule has 1 aliphatic rings. The first-order valence-corrected chi connectivity index (χ1v) is 6.79. The lowest BCUT2D eigenvalue weighted by Crippen LogP contribution is -2.40. The van der Waals surface area contributed by atoms with Crippen molar-refractivity contribution in [3.8, 4) is 0 Å². The van der Waals surface area contributed by atoms with Crippen molar-refractivity contribution < 1.29 is 4.79 Å². The van der Waals surface area contributed by atoms with Gasteiger partial charge in [0.2, 0.25) is 5.91 Å². The van der Waals surface area contributed by atoms with E-state index < -0.39 is 0 Å². The maximum Gasteiger partial charge on any atom is 0.231 e. The summed E-state index contributed by atoms with van der Waals surface area (Å²) in [6.07, 6.45) is 5.46. The summed E-state index contributed by atoms with van der Waals surface area (Å²) in [5, 5.41) is 4.58. The third kappa shape index (κ3) is 2.36. The zero-order valence-corrected chi connectivity index (χ0v) is 11.5. The average Bonchev–Trinajstić information content (AvgIpc) is 2.76. The molecular weight excluding hydrogens is 256 g/mol. The Labute approximate surface area is 116 Å². The number of aryl methyl sites for hydroxylation is 1. The van der Waals surface area contributed by atoms with Gasteiger partial charge in [-0.1, -0.05) is 0 Å². The minimum absolute atomic E-state index is 0.281. The molecule has 20 heavy (non-hydrogen) atoms. The normalized spacial score (nSPS) is 20.4. The summed E-state index contributed by atoms with van der Waals surface area (Å²) in [4.78, 5) is 21.9. The van der Waals surface area contributed by atoms with Crippen LogP contribution in [-0.4, -0.2) is 50.2 Å². The molecule has 1 saturated heterocycles. The predicted molar refractivity (Wildman–Crippen MR) is 73.9 cm³/mol. The summed E-state index contributed by atoms with van der Waals surface area (Å²) in [5.41, 5.74) is 7.92. The Morgan fingerprint density at radius 2 is 2.25 bits per heavy atom. The SMILES string of the molecule is Cn1nc([C@H]2CCCN(CC(N)=O)C2)c2nccnc21. The molecule has 7 nitrogen and oxygen atoms in total. The molecule has 0 bridgehead atoms. The van der Waals surface area contributed by atoms with Crippen molar-refractivity contribution in [1.82, 2.24) is 24.6 Å². The fourth-order valence-electron chi connectivity index (χ4n) is 2.92. The number of aromatic nitrogens is 4. The molecule has 7 heteroatoms. The Morgan fingerprint density at radius 3 is 3.05 bits per heavy atom. The minimum atomic E-state index is -0.281. The molecule has 0 aromatic carbocycles. The number of primary amides is 1. The van der Waals surface area contributed by atoms with E-state index in [1.165, 1.54) is 0 Å². The molecule has 0 radical (unpaired) electrons. The number of hydrogen-bond acceptors (Lipinski definition) is 5. The van der Waals surface area contributed by atoms with Crippen LogP contribution in [0, 0.1) is 0 Å². The van der Waals surface area contributed by atoms with E-state index in [1.807, 2.05) is 7.05 Å². The molecule has 3 rings (SSSR count). The Morgan fingerprint density at radius 1 is 1.45 bits per heavy atom.